The molecule has 1 aromatic carbocycles. The predicted octanol–water partition coefficient (Wildman–Crippen LogP) is 4.46. The third-order valence-corrected chi connectivity index (χ3v) is 3.79. The summed E-state index contributed by atoms with van der Waals surface area (Å²) in [7, 11) is 0. The quantitative estimate of drug-likeness (QED) is 0.708. The molecule has 88 valence electrons. The van der Waals surface area contributed by atoms with Crippen molar-refractivity contribution in [3.63, 3.8) is 0 Å². The molecule has 0 bridgehead atoms. The van der Waals surface area contributed by atoms with Crippen molar-refractivity contribution in [1.82, 2.24) is 0 Å². The highest BCUT2D eigenvalue weighted by molar-refractivity contribution is 6.32. The number of benzene rings is 1. The van der Waals surface area contributed by atoms with E-state index in [4.69, 9.17) is 23.2 Å². The fraction of sp³-hybridized carbons (Fsp3) is 0.538. The lowest BCUT2D eigenvalue weighted by molar-refractivity contribution is 0.726. The Labute approximate surface area is 107 Å². The molecule has 3 heteroatoms. The van der Waals surface area contributed by atoms with E-state index in [1.54, 1.807) is 0 Å². The first-order valence-corrected chi connectivity index (χ1v) is 6.82. The molecule has 0 N–H and O–H groups in total. The maximum atomic E-state index is 6.18. The van der Waals surface area contributed by atoms with Crippen molar-refractivity contribution in [2.24, 2.45) is 0 Å². The Hall–Kier alpha value is -0.400. The van der Waals surface area contributed by atoms with Crippen LogP contribution in [0.5, 0.6) is 0 Å². The second-order valence-electron chi connectivity index (χ2n) is 4.31. The Morgan fingerprint density at radius 3 is 2.31 bits per heavy atom. The molecule has 0 atom stereocenters. The summed E-state index contributed by atoms with van der Waals surface area (Å²) in [6, 6.07) is 6.22. The Kier molecular flexibility index (Phi) is 4.37. The van der Waals surface area contributed by atoms with Crippen LogP contribution >= 0.6 is 23.2 Å². The topological polar surface area (TPSA) is 3.24 Å². The van der Waals surface area contributed by atoms with E-state index in [0.29, 0.717) is 5.88 Å². The van der Waals surface area contributed by atoms with Gasteiger partial charge in [0.25, 0.3) is 0 Å². The van der Waals surface area contributed by atoms with Crippen molar-refractivity contribution < 1.29 is 0 Å². The fourth-order valence-corrected chi connectivity index (χ4v) is 2.71. The monoisotopic (exact) mass is 257 g/mol. The molecule has 0 aromatic heterocycles. The average molecular weight is 258 g/mol. The highest BCUT2D eigenvalue weighted by Crippen LogP contribution is 2.26. The molecule has 1 aliphatic heterocycles. The van der Waals surface area contributed by atoms with Crippen LogP contribution < -0.4 is 4.90 Å². The number of nitrogens with zero attached hydrogens (tertiary/aromatic N) is 1. The number of rotatable bonds is 2. The molecule has 0 aliphatic carbocycles. The molecule has 0 saturated carbocycles. The largest absolute Gasteiger partial charge is 0.371 e. The molecule has 1 aliphatic rings. The van der Waals surface area contributed by atoms with Crippen molar-refractivity contribution in [2.45, 2.75) is 31.6 Å². The molecule has 1 heterocycles. The third kappa shape index (κ3) is 2.83. The second-order valence-corrected chi connectivity index (χ2v) is 4.99. The first kappa shape index (κ1) is 12.1. The van der Waals surface area contributed by atoms with E-state index >= 15 is 0 Å². The van der Waals surface area contributed by atoms with Crippen molar-refractivity contribution in [1.29, 1.82) is 0 Å². The Bertz CT molecular complexity index is 344. The predicted molar refractivity (Wildman–Crippen MR) is 71.7 cm³/mol. The molecule has 0 amide bonds. The van der Waals surface area contributed by atoms with Gasteiger partial charge in [-0.05, 0) is 30.5 Å². The van der Waals surface area contributed by atoms with Crippen LogP contribution in [0.2, 0.25) is 5.02 Å². The van der Waals surface area contributed by atoms with Crippen molar-refractivity contribution in [3.05, 3.63) is 28.8 Å². The van der Waals surface area contributed by atoms with Gasteiger partial charge in [-0.15, -0.1) is 11.6 Å². The summed E-state index contributed by atoms with van der Waals surface area (Å²) in [5, 5.41) is 0.789. The van der Waals surface area contributed by atoms with Crippen molar-refractivity contribution >= 4 is 28.9 Å². The molecular formula is C13H17Cl2N. The van der Waals surface area contributed by atoms with Crippen LogP contribution in [-0.2, 0) is 5.88 Å². The minimum atomic E-state index is 0.485. The molecule has 1 saturated heterocycles. The average Bonchev–Trinajstić information content (AvgIpc) is 2.57. The number of hydrogen-bond acceptors (Lipinski definition) is 1. The van der Waals surface area contributed by atoms with Crippen LogP contribution in [0.25, 0.3) is 0 Å². The van der Waals surface area contributed by atoms with E-state index in [1.165, 1.54) is 31.4 Å². The van der Waals surface area contributed by atoms with Crippen LogP contribution in [0.15, 0.2) is 18.2 Å². The molecule has 1 fully saturated rings. The maximum absolute atomic E-state index is 6.18. The lowest BCUT2D eigenvalue weighted by Crippen LogP contribution is -2.23. The smallest absolute Gasteiger partial charge is 0.0488 e. The SMILES string of the molecule is ClCc1ccc(N2CCCCCC2)cc1Cl. The van der Waals surface area contributed by atoms with E-state index in [0.717, 1.165) is 23.7 Å². The molecule has 0 radical (unpaired) electrons. The van der Waals surface area contributed by atoms with Gasteiger partial charge in [0.15, 0.2) is 0 Å². The summed E-state index contributed by atoms with van der Waals surface area (Å²) >= 11 is 12.0. The van der Waals surface area contributed by atoms with Crippen LogP contribution in [0.3, 0.4) is 0 Å². The molecule has 0 spiro atoms. The van der Waals surface area contributed by atoms with Gasteiger partial charge in [0.05, 0.1) is 0 Å². The standard InChI is InChI=1S/C13H17Cl2N/c14-10-11-5-6-12(9-13(11)15)16-7-3-1-2-4-8-16/h5-6,9H,1-4,7-8,10H2. The fourth-order valence-electron chi connectivity index (χ4n) is 2.17. The summed E-state index contributed by atoms with van der Waals surface area (Å²) < 4.78 is 0. The maximum Gasteiger partial charge on any atom is 0.0488 e. The molecule has 0 unspecified atom stereocenters. The second kappa shape index (κ2) is 5.79. The van der Waals surface area contributed by atoms with Gasteiger partial charge in [0, 0.05) is 29.7 Å². The van der Waals surface area contributed by atoms with Gasteiger partial charge in [-0.2, -0.15) is 0 Å². The lowest BCUT2D eigenvalue weighted by Gasteiger charge is -2.23. The van der Waals surface area contributed by atoms with Gasteiger partial charge < -0.3 is 4.90 Å². The summed E-state index contributed by atoms with van der Waals surface area (Å²) in [6.07, 6.45) is 5.28. The van der Waals surface area contributed by atoms with Gasteiger partial charge in [-0.3, -0.25) is 0 Å². The van der Waals surface area contributed by atoms with Crippen LogP contribution in [-0.4, -0.2) is 13.1 Å². The van der Waals surface area contributed by atoms with Gasteiger partial charge in [0.2, 0.25) is 0 Å². The minimum absolute atomic E-state index is 0.485. The molecule has 2 rings (SSSR count). The van der Waals surface area contributed by atoms with E-state index in [1.807, 2.05) is 12.1 Å². The summed E-state index contributed by atoms with van der Waals surface area (Å²) in [4.78, 5) is 2.43. The van der Waals surface area contributed by atoms with Crippen LogP contribution in [0.4, 0.5) is 5.69 Å². The zero-order valence-electron chi connectivity index (χ0n) is 9.38. The Morgan fingerprint density at radius 1 is 1.06 bits per heavy atom. The van der Waals surface area contributed by atoms with Gasteiger partial charge in [-0.1, -0.05) is 30.5 Å². The van der Waals surface area contributed by atoms with Crippen molar-refractivity contribution in [3.8, 4) is 0 Å². The molecule has 1 nitrogen and oxygen atoms in total. The normalized spacial score (nSPS) is 17.2. The van der Waals surface area contributed by atoms with E-state index in [9.17, 15) is 0 Å². The number of alkyl halides is 1. The van der Waals surface area contributed by atoms with Gasteiger partial charge >= 0.3 is 0 Å². The summed E-state index contributed by atoms with van der Waals surface area (Å²) in [5.41, 5.74) is 2.25. The highest BCUT2D eigenvalue weighted by Gasteiger charge is 2.11. The zero-order chi connectivity index (χ0) is 11.4. The summed E-state index contributed by atoms with van der Waals surface area (Å²) in [6.45, 7) is 2.30. The van der Waals surface area contributed by atoms with E-state index in [2.05, 4.69) is 11.0 Å². The van der Waals surface area contributed by atoms with Crippen molar-refractivity contribution in [2.75, 3.05) is 18.0 Å². The third-order valence-electron chi connectivity index (χ3n) is 3.15. The zero-order valence-corrected chi connectivity index (χ0v) is 10.9. The molecule has 1 aromatic rings. The number of halogens is 2. The number of anilines is 1. The first-order valence-electron chi connectivity index (χ1n) is 5.90. The Morgan fingerprint density at radius 2 is 1.75 bits per heavy atom. The molecular weight excluding hydrogens is 241 g/mol. The molecule has 16 heavy (non-hydrogen) atoms. The van der Waals surface area contributed by atoms with E-state index in [-0.39, 0.29) is 0 Å². The first-order chi connectivity index (χ1) is 7.81. The van der Waals surface area contributed by atoms with Crippen LogP contribution in [0.1, 0.15) is 31.2 Å². The van der Waals surface area contributed by atoms with Gasteiger partial charge in [-0.25, -0.2) is 0 Å². The van der Waals surface area contributed by atoms with Gasteiger partial charge in [0.1, 0.15) is 0 Å². The minimum Gasteiger partial charge on any atom is -0.371 e. The van der Waals surface area contributed by atoms with Crippen LogP contribution in [0, 0.1) is 0 Å². The Balaban J connectivity index is 2.16. The summed E-state index contributed by atoms with van der Waals surface area (Å²) in [5.74, 6) is 0.485. The highest BCUT2D eigenvalue weighted by atomic mass is 35.5. The number of hydrogen-bond donors (Lipinski definition) is 0. The lowest BCUT2D eigenvalue weighted by atomic mass is 10.2. The van der Waals surface area contributed by atoms with E-state index < -0.39 is 0 Å².